The van der Waals surface area contributed by atoms with Gasteiger partial charge in [-0.3, -0.25) is 0 Å². The topological polar surface area (TPSA) is 22.1 Å². The van der Waals surface area contributed by atoms with Crippen molar-refractivity contribution in [2.75, 3.05) is 46.4 Å². The fourth-order valence-electron chi connectivity index (χ4n) is 2.43. The Morgan fingerprint density at radius 3 is 2.59 bits per heavy atom. The van der Waals surface area contributed by atoms with E-state index < -0.39 is 0 Å². The molecule has 1 saturated carbocycles. The van der Waals surface area contributed by atoms with E-state index in [2.05, 4.69) is 34.0 Å². The highest BCUT2D eigenvalue weighted by atomic mass is 15.3. The molecule has 0 aromatic rings. The summed E-state index contributed by atoms with van der Waals surface area (Å²) in [5, 5.41) is 0. The Hall–Kier alpha value is -1.03. The second-order valence-corrected chi connectivity index (χ2v) is 5.48. The maximum Gasteiger partial charge on any atom is 0.127 e. The van der Waals surface area contributed by atoms with Crippen LogP contribution in [0.15, 0.2) is 17.3 Å². The number of rotatable bonds is 2. The molecular formula is C13H22N4. The van der Waals surface area contributed by atoms with Crippen LogP contribution in [-0.2, 0) is 0 Å². The minimum absolute atomic E-state index is 0.856. The van der Waals surface area contributed by atoms with Crippen molar-refractivity contribution < 1.29 is 0 Å². The minimum atomic E-state index is 0.856. The fraction of sp³-hybridized carbons (Fsp3) is 0.769. The standard InChI is InChI=1S/C13H22N4/c1-15-6-8-17(9-7-15)13-4-5-16(11-14-13)10-12-2-3-12/h4-5,12H,2-3,6-11H2,1H3. The molecule has 3 rings (SSSR count). The zero-order valence-corrected chi connectivity index (χ0v) is 10.7. The molecule has 2 aliphatic heterocycles. The predicted octanol–water partition coefficient (Wildman–Crippen LogP) is 0.829. The van der Waals surface area contributed by atoms with E-state index in [4.69, 9.17) is 4.99 Å². The van der Waals surface area contributed by atoms with Crippen LogP contribution in [0.4, 0.5) is 0 Å². The first-order valence-corrected chi connectivity index (χ1v) is 6.71. The molecule has 3 aliphatic rings. The number of hydrogen-bond donors (Lipinski definition) is 0. The molecule has 0 aromatic heterocycles. The molecule has 4 nitrogen and oxygen atoms in total. The average molecular weight is 234 g/mol. The second-order valence-electron chi connectivity index (χ2n) is 5.48. The molecular weight excluding hydrogens is 212 g/mol. The summed E-state index contributed by atoms with van der Waals surface area (Å²) in [6, 6.07) is 0. The summed E-state index contributed by atoms with van der Waals surface area (Å²) in [5.74, 6) is 2.13. The molecule has 0 radical (unpaired) electrons. The van der Waals surface area contributed by atoms with Gasteiger partial charge in [-0.2, -0.15) is 0 Å². The van der Waals surface area contributed by atoms with Crippen LogP contribution in [0.25, 0.3) is 0 Å². The Labute approximate surface area is 104 Å². The van der Waals surface area contributed by atoms with Gasteiger partial charge in [-0.15, -0.1) is 0 Å². The summed E-state index contributed by atoms with van der Waals surface area (Å²) >= 11 is 0. The molecule has 2 fully saturated rings. The van der Waals surface area contributed by atoms with Crippen molar-refractivity contribution in [1.29, 1.82) is 0 Å². The summed E-state index contributed by atoms with van der Waals surface area (Å²) in [6.07, 6.45) is 7.26. The fourth-order valence-corrected chi connectivity index (χ4v) is 2.43. The van der Waals surface area contributed by atoms with Gasteiger partial charge in [0.05, 0.1) is 0 Å². The number of likely N-dealkylation sites (N-methyl/N-ethyl adjacent to an activating group) is 1. The van der Waals surface area contributed by atoms with Crippen LogP contribution in [-0.4, -0.2) is 67.0 Å². The average Bonchev–Trinajstić information content (AvgIpc) is 3.15. The Kier molecular flexibility index (Phi) is 3.05. The largest absolute Gasteiger partial charge is 0.358 e. The van der Waals surface area contributed by atoms with Crippen LogP contribution < -0.4 is 0 Å². The van der Waals surface area contributed by atoms with E-state index >= 15 is 0 Å². The van der Waals surface area contributed by atoms with Crippen LogP contribution in [0.3, 0.4) is 0 Å². The summed E-state index contributed by atoms with van der Waals surface area (Å²) in [4.78, 5) is 11.8. The third-order valence-electron chi connectivity index (χ3n) is 3.87. The van der Waals surface area contributed by atoms with E-state index in [1.807, 2.05) is 0 Å². The summed E-state index contributed by atoms with van der Waals surface area (Å²) in [5.41, 5.74) is 0. The van der Waals surface area contributed by atoms with Gasteiger partial charge < -0.3 is 14.7 Å². The second kappa shape index (κ2) is 4.69. The Bertz CT molecular complexity index is 324. The SMILES string of the molecule is CN1CCN(C2=NCN(CC3CC3)C=C2)CC1. The molecule has 1 aliphatic carbocycles. The maximum atomic E-state index is 4.70. The highest BCUT2D eigenvalue weighted by Gasteiger charge is 2.24. The summed E-state index contributed by atoms with van der Waals surface area (Å²) in [6.45, 7) is 6.59. The molecule has 0 unspecified atom stereocenters. The highest BCUT2D eigenvalue weighted by Crippen LogP contribution is 2.30. The van der Waals surface area contributed by atoms with E-state index in [9.17, 15) is 0 Å². The Morgan fingerprint density at radius 2 is 2.00 bits per heavy atom. The van der Waals surface area contributed by atoms with E-state index in [1.165, 1.54) is 25.2 Å². The zero-order chi connectivity index (χ0) is 11.7. The number of nitrogens with zero attached hydrogens (tertiary/aromatic N) is 4. The summed E-state index contributed by atoms with van der Waals surface area (Å²) < 4.78 is 0. The van der Waals surface area contributed by atoms with Gasteiger partial charge in [0.25, 0.3) is 0 Å². The van der Waals surface area contributed by atoms with E-state index in [0.717, 1.165) is 38.8 Å². The molecule has 2 heterocycles. The monoisotopic (exact) mass is 234 g/mol. The van der Waals surface area contributed by atoms with Gasteiger partial charge >= 0.3 is 0 Å². The minimum Gasteiger partial charge on any atom is -0.358 e. The molecule has 4 heteroatoms. The lowest BCUT2D eigenvalue weighted by Crippen LogP contribution is -2.47. The smallest absolute Gasteiger partial charge is 0.127 e. The first-order chi connectivity index (χ1) is 8.31. The molecule has 0 spiro atoms. The molecule has 0 aromatic carbocycles. The van der Waals surface area contributed by atoms with E-state index in [1.54, 1.807) is 0 Å². The van der Waals surface area contributed by atoms with Crippen molar-refractivity contribution >= 4 is 5.84 Å². The van der Waals surface area contributed by atoms with Crippen molar-refractivity contribution in [1.82, 2.24) is 14.7 Å². The summed E-state index contributed by atoms with van der Waals surface area (Å²) in [7, 11) is 2.19. The predicted molar refractivity (Wildman–Crippen MR) is 69.9 cm³/mol. The third-order valence-corrected chi connectivity index (χ3v) is 3.87. The number of hydrogen-bond acceptors (Lipinski definition) is 4. The van der Waals surface area contributed by atoms with Crippen molar-refractivity contribution in [3.63, 3.8) is 0 Å². The van der Waals surface area contributed by atoms with Crippen molar-refractivity contribution in [3.05, 3.63) is 12.3 Å². The van der Waals surface area contributed by atoms with Crippen LogP contribution >= 0.6 is 0 Å². The maximum absolute atomic E-state index is 4.70. The molecule has 1 saturated heterocycles. The van der Waals surface area contributed by atoms with Gasteiger partial charge in [-0.05, 0) is 31.9 Å². The van der Waals surface area contributed by atoms with E-state index in [0.29, 0.717) is 0 Å². The third kappa shape index (κ3) is 2.80. The molecule has 94 valence electrons. The van der Waals surface area contributed by atoms with Gasteiger partial charge in [-0.1, -0.05) is 0 Å². The molecule has 17 heavy (non-hydrogen) atoms. The Morgan fingerprint density at radius 1 is 1.24 bits per heavy atom. The van der Waals surface area contributed by atoms with Crippen molar-refractivity contribution in [2.45, 2.75) is 12.8 Å². The normalized spacial score (nSPS) is 26.3. The number of amidine groups is 1. The van der Waals surface area contributed by atoms with Gasteiger partial charge in [-0.25, -0.2) is 4.99 Å². The molecule has 0 N–H and O–H groups in total. The van der Waals surface area contributed by atoms with Crippen LogP contribution in [0, 0.1) is 5.92 Å². The van der Waals surface area contributed by atoms with Crippen molar-refractivity contribution in [2.24, 2.45) is 10.9 Å². The Balaban J connectivity index is 1.51. The van der Waals surface area contributed by atoms with E-state index in [-0.39, 0.29) is 0 Å². The first kappa shape index (κ1) is 11.1. The lowest BCUT2D eigenvalue weighted by atomic mass is 10.3. The number of aliphatic imine (C=N–C) groups is 1. The first-order valence-electron chi connectivity index (χ1n) is 6.71. The van der Waals surface area contributed by atoms with Gasteiger partial charge in [0.1, 0.15) is 12.5 Å². The zero-order valence-electron chi connectivity index (χ0n) is 10.7. The lowest BCUT2D eigenvalue weighted by molar-refractivity contribution is 0.214. The number of piperazine rings is 1. The molecule has 0 amide bonds. The van der Waals surface area contributed by atoms with Gasteiger partial charge in [0, 0.05) is 38.9 Å². The van der Waals surface area contributed by atoms with Gasteiger partial charge in [0.15, 0.2) is 0 Å². The van der Waals surface area contributed by atoms with Gasteiger partial charge in [0.2, 0.25) is 0 Å². The van der Waals surface area contributed by atoms with Crippen LogP contribution in [0.5, 0.6) is 0 Å². The molecule has 0 atom stereocenters. The lowest BCUT2D eigenvalue weighted by Gasteiger charge is -2.35. The van der Waals surface area contributed by atoms with Crippen LogP contribution in [0.1, 0.15) is 12.8 Å². The van der Waals surface area contributed by atoms with Crippen LogP contribution in [0.2, 0.25) is 0 Å². The highest BCUT2D eigenvalue weighted by molar-refractivity contribution is 5.93. The molecule has 0 bridgehead atoms. The quantitative estimate of drug-likeness (QED) is 0.706. The van der Waals surface area contributed by atoms with Crippen molar-refractivity contribution in [3.8, 4) is 0 Å².